The van der Waals surface area contributed by atoms with Crippen LogP contribution in [0.2, 0.25) is 0 Å². The molecule has 1 aliphatic rings. The van der Waals surface area contributed by atoms with Crippen molar-refractivity contribution in [2.24, 2.45) is 0 Å². The van der Waals surface area contributed by atoms with Crippen molar-refractivity contribution in [2.75, 3.05) is 31.5 Å². The molecular weight excluding hydrogens is 499 g/mol. The number of carbonyl (C=O) groups is 2. The molecule has 4 aromatic rings. The molecular formula is C30H31FN4O4. The van der Waals surface area contributed by atoms with Crippen LogP contribution in [0.15, 0.2) is 71.1 Å². The summed E-state index contributed by atoms with van der Waals surface area (Å²) in [6.45, 7) is 9.02. The Morgan fingerprint density at radius 1 is 1.00 bits per heavy atom. The molecule has 1 aromatic heterocycles. The van der Waals surface area contributed by atoms with Gasteiger partial charge in [0.05, 0.1) is 16.8 Å². The summed E-state index contributed by atoms with van der Waals surface area (Å²) in [5, 5.41) is 2.78. The van der Waals surface area contributed by atoms with Gasteiger partial charge in [0.15, 0.2) is 5.58 Å². The van der Waals surface area contributed by atoms with Crippen LogP contribution in [0.5, 0.6) is 0 Å². The van der Waals surface area contributed by atoms with E-state index >= 15 is 0 Å². The zero-order valence-corrected chi connectivity index (χ0v) is 22.2. The maximum atomic E-state index is 14.1. The van der Waals surface area contributed by atoms with Gasteiger partial charge in [-0.1, -0.05) is 30.3 Å². The van der Waals surface area contributed by atoms with Crippen molar-refractivity contribution < 1.29 is 23.1 Å². The van der Waals surface area contributed by atoms with E-state index in [1.165, 1.54) is 18.2 Å². The molecule has 1 N–H and O–H groups in total. The standard InChI is InChI=1S/C30H31FN4O4/c1-30(2,3)39-29(37)35-16-14-34(15-17-35)19-20-12-13-25-26(18-20)38-28(33-25)22-9-5-7-11-24(22)32-27(36)21-8-4-6-10-23(21)31/h4-13,18H,14-17,19H2,1-3H3,(H,32,36). The Bertz CT molecular complexity index is 1500. The van der Waals surface area contributed by atoms with Crippen LogP contribution >= 0.6 is 0 Å². The number of nitrogens with one attached hydrogen (secondary N) is 1. The van der Waals surface area contributed by atoms with Crippen LogP contribution in [-0.4, -0.2) is 58.6 Å². The van der Waals surface area contributed by atoms with E-state index in [4.69, 9.17) is 9.15 Å². The number of nitrogens with zero attached hydrogens (tertiary/aromatic N) is 3. The monoisotopic (exact) mass is 530 g/mol. The molecule has 3 aromatic carbocycles. The maximum Gasteiger partial charge on any atom is 0.410 e. The lowest BCUT2D eigenvalue weighted by Gasteiger charge is -2.35. The Morgan fingerprint density at radius 2 is 1.72 bits per heavy atom. The van der Waals surface area contributed by atoms with Crippen LogP contribution in [0.25, 0.3) is 22.6 Å². The van der Waals surface area contributed by atoms with Gasteiger partial charge < -0.3 is 19.4 Å². The van der Waals surface area contributed by atoms with Gasteiger partial charge in [-0.3, -0.25) is 9.69 Å². The number of hydrogen-bond acceptors (Lipinski definition) is 6. The molecule has 202 valence electrons. The molecule has 0 unspecified atom stereocenters. The second-order valence-electron chi connectivity index (χ2n) is 10.5. The molecule has 2 amide bonds. The summed E-state index contributed by atoms with van der Waals surface area (Å²) in [6.07, 6.45) is -0.275. The van der Waals surface area contributed by atoms with Crippen molar-refractivity contribution in [3.63, 3.8) is 0 Å². The van der Waals surface area contributed by atoms with Gasteiger partial charge in [-0.25, -0.2) is 14.2 Å². The van der Waals surface area contributed by atoms with Crippen molar-refractivity contribution in [1.29, 1.82) is 0 Å². The number of carbonyl (C=O) groups excluding carboxylic acids is 2. The van der Waals surface area contributed by atoms with Gasteiger partial charge >= 0.3 is 6.09 Å². The average Bonchev–Trinajstić information content (AvgIpc) is 3.32. The highest BCUT2D eigenvalue weighted by molar-refractivity contribution is 6.06. The molecule has 2 heterocycles. The molecule has 0 bridgehead atoms. The van der Waals surface area contributed by atoms with Crippen LogP contribution < -0.4 is 5.32 Å². The summed E-state index contributed by atoms with van der Waals surface area (Å²) in [6, 6.07) is 18.9. The first-order chi connectivity index (χ1) is 18.7. The average molecular weight is 531 g/mol. The van der Waals surface area contributed by atoms with Crippen LogP contribution in [0.3, 0.4) is 0 Å². The number of hydrogen-bond donors (Lipinski definition) is 1. The molecule has 8 nitrogen and oxygen atoms in total. The second kappa shape index (κ2) is 10.9. The number of oxazole rings is 1. The molecule has 0 atom stereocenters. The molecule has 9 heteroatoms. The first-order valence-corrected chi connectivity index (χ1v) is 12.9. The zero-order chi connectivity index (χ0) is 27.6. The number of aromatic nitrogens is 1. The van der Waals surface area contributed by atoms with Crippen molar-refractivity contribution in [1.82, 2.24) is 14.8 Å². The lowest BCUT2D eigenvalue weighted by Crippen LogP contribution is -2.49. The highest BCUT2D eigenvalue weighted by Crippen LogP contribution is 2.31. The fraction of sp³-hybridized carbons (Fsp3) is 0.300. The number of anilines is 1. The third-order valence-electron chi connectivity index (χ3n) is 6.41. The number of fused-ring (bicyclic) bond motifs is 1. The zero-order valence-electron chi connectivity index (χ0n) is 22.2. The second-order valence-corrected chi connectivity index (χ2v) is 10.5. The summed E-state index contributed by atoms with van der Waals surface area (Å²) in [7, 11) is 0. The highest BCUT2D eigenvalue weighted by atomic mass is 19.1. The summed E-state index contributed by atoms with van der Waals surface area (Å²) in [5.41, 5.74) is 2.91. The Hall–Kier alpha value is -4.24. The minimum absolute atomic E-state index is 0.0403. The largest absolute Gasteiger partial charge is 0.444 e. The highest BCUT2D eigenvalue weighted by Gasteiger charge is 2.26. The van der Waals surface area contributed by atoms with Gasteiger partial charge in [0.25, 0.3) is 5.91 Å². The van der Waals surface area contributed by atoms with E-state index < -0.39 is 17.3 Å². The Balaban J connectivity index is 1.28. The number of amides is 2. The maximum absolute atomic E-state index is 14.1. The van der Waals surface area contributed by atoms with Gasteiger partial charge in [-0.2, -0.15) is 0 Å². The Morgan fingerprint density at radius 3 is 2.46 bits per heavy atom. The fourth-order valence-corrected chi connectivity index (χ4v) is 4.47. The van der Waals surface area contributed by atoms with Crippen LogP contribution in [0.1, 0.15) is 36.7 Å². The molecule has 0 saturated carbocycles. The van der Waals surface area contributed by atoms with Crippen LogP contribution in [0, 0.1) is 5.82 Å². The van der Waals surface area contributed by atoms with Gasteiger partial charge in [0.2, 0.25) is 5.89 Å². The first-order valence-electron chi connectivity index (χ1n) is 12.9. The predicted molar refractivity (Wildman–Crippen MR) is 147 cm³/mol. The summed E-state index contributed by atoms with van der Waals surface area (Å²) >= 11 is 0. The van der Waals surface area contributed by atoms with E-state index in [1.54, 1.807) is 29.2 Å². The molecule has 0 radical (unpaired) electrons. The predicted octanol–water partition coefficient (Wildman–Crippen LogP) is 5.94. The van der Waals surface area contributed by atoms with Crippen molar-refractivity contribution >= 4 is 28.8 Å². The van der Waals surface area contributed by atoms with E-state index in [2.05, 4.69) is 15.2 Å². The number of rotatable bonds is 5. The summed E-state index contributed by atoms with van der Waals surface area (Å²) < 4.78 is 25.7. The minimum atomic E-state index is -0.590. The normalized spacial score (nSPS) is 14.4. The number of benzene rings is 3. The molecule has 0 spiro atoms. The van der Waals surface area contributed by atoms with E-state index in [0.717, 1.165) is 18.7 Å². The smallest absolute Gasteiger partial charge is 0.410 e. The Kier molecular flexibility index (Phi) is 7.34. The molecule has 39 heavy (non-hydrogen) atoms. The lowest BCUT2D eigenvalue weighted by atomic mass is 10.1. The molecule has 1 fully saturated rings. The minimum Gasteiger partial charge on any atom is -0.444 e. The van der Waals surface area contributed by atoms with Crippen molar-refractivity contribution in [3.8, 4) is 11.5 Å². The van der Waals surface area contributed by atoms with Crippen LogP contribution in [0.4, 0.5) is 14.9 Å². The van der Waals surface area contributed by atoms with Gasteiger partial charge in [-0.05, 0) is 62.7 Å². The molecule has 1 aliphatic heterocycles. The van der Waals surface area contributed by atoms with Crippen molar-refractivity contribution in [3.05, 3.63) is 83.7 Å². The lowest BCUT2D eigenvalue weighted by molar-refractivity contribution is 0.0139. The number of piperazine rings is 1. The summed E-state index contributed by atoms with van der Waals surface area (Å²) in [4.78, 5) is 33.7. The first kappa shape index (κ1) is 26.4. The van der Waals surface area contributed by atoms with E-state index in [9.17, 15) is 14.0 Å². The van der Waals surface area contributed by atoms with Gasteiger partial charge in [0, 0.05) is 32.7 Å². The summed E-state index contributed by atoms with van der Waals surface area (Å²) in [5.74, 6) is -0.781. The molecule has 0 aliphatic carbocycles. The number of para-hydroxylation sites is 1. The Labute approximate surface area is 226 Å². The number of halogens is 1. The third kappa shape index (κ3) is 6.26. The molecule has 1 saturated heterocycles. The SMILES string of the molecule is CC(C)(C)OC(=O)N1CCN(Cc2ccc3nc(-c4ccccc4NC(=O)c4ccccc4F)oc3c2)CC1. The van der Waals surface area contributed by atoms with Gasteiger partial charge in [-0.15, -0.1) is 0 Å². The number of ether oxygens (including phenoxy) is 1. The van der Waals surface area contributed by atoms with E-state index in [-0.39, 0.29) is 11.7 Å². The quantitative estimate of drug-likeness (QED) is 0.344. The van der Waals surface area contributed by atoms with Gasteiger partial charge in [0.1, 0.15) is 16.9 Å². The topological polar surface area (TPSA) is 87.9 Å². The fourth-order valence-electron chi connectivity index (χ4n) is 4.47. The van der Waals surface area contributed by atoms with Crippen molar-refractivity contribution in [2.45, 2.75) is 32.9 Å². The van der Waals surface area contributed by atoms with E-state index in [1.807, 2.05) is 45.0 Å². The molecule has 5 rings (SSSR count). The van der Waals surface area contributed by atoms with Crippen LogP contribution in [-0.2, 0) is 11.3 Å². The third-order valence-corrected chi connectivity index (χ3v) is 6.41. The van der Waals surface area contributed by atoms with E-state index in [0.29, 0.717) is 47.9 Å².